The lowest BCUT2D eigenvalue weighted by Gasteiger charge is -2.51. The molecule has 2 heterocycles. The van der Waals surface area contributed by atoms with E-state index in [0.29, 0.717) is 45.7 Å². The Kier molecular flexibility index (Phi) is 7.11. The van der Waals surface area contributed by atoms with Crippen LogP contribution in [0, 0.1) is 0 Å². The quantitative estimate of drug-likeness (QED) is 0.709. The van der Waals surface area contributed by atoms with Crippen LogP contribution in [0.25, 0.3) is 0 Å². The largest absolute Gasteiger partial charge is 0.444 e. The van der Waals surface area contributed by atoms with Gasteiger partial charge in [-0.15, -0.1) is 0 Å². The van der Waals surface area contributed by atoms with Gasteiger partial charge in [-0.25, -0.2) is 4.79 Å². The van der Waals surface area contributed by atoms with E-state index in [-0.39, 0.29) is 18.2 Å². The van der Waals surface area contributed by atoms with Crippen LogP contribution >= 0.6 is 0 Å². The van der Waals surface area contributed by atoms with Crippen molar-refractivity contribution in [2.24, 2.45) is 0 Å². The molecule has 0 spiro atoms. The summed E-state index contributed by atoms with van der Waals surface area (Å²) in [5, 5.41) is 11.0. The van der Waals surface area contributed by atoms with E-state index in [1.165, 1.54) is 0 Å². The zero-order valence-electron chi connectivity index (χ0n) is 16.3. The Morgan fingerprint density at radius 3 is 2.28 bits per heavy atom. The molecule has 6 nitrogen and oxygen atoms in total. The summed E-state index contributed by atoms with van der Waals surface area (Å²) in [6, 6.07) is 0.131. The minimum atomic E-state index is -0.750. The zero-order chi connectivity index (χ0) is 18.5. The Labute approximate surface area is 151 Å². The Balaban J connectivity index is 1.88. The molecule has 1 amide bonds. The Hall–Kier alpha value is -0.850. The molecular weight excluding hydrogens is 322 g/mol. The highest BCUT2D eigenvalue weighted by atomic mass is 16.6. The predicted molar refractivity (Wildman–Crippen MR) is 95.6 cm³/mol. The van der Waals surface area contributed by atoms with Crippen molar-refractivity contribution in [3.8, 4) is 0 Å². The topological polar surface area (TPSA) is 68.2 Å². The predicted octanol–water partition coefficient (Wildman–Crippen LogP) is 3.11. The van der Waals surface area contributed by atoms with Crippen molar-refractivity contribution in [3.63, 3.8) is 0 Å². The monoisotopic (exact) mass is 357 g/mol. The summed E-state index contributed by atoms with van der Waals surface area (Å²) in [6.45, 7) is 9.99. The molecule has 2 aliphatic heterocycles. The maximum atomic E-state index is 12.6. The van der Waals surface area contributed by atoms with Crippen molar-refractivity contribution < 1.29 is 24.1 Å². The molecule has 1 N–H and O–H groups in total. The third kappa shape index (κ3) is 6.12. The molecule has 2 rings (SSSR count). The number of fused-ring (bicyclic) bond motifs is 2. The molecule has 2 saturated heterocycles. The number of piperidine rings is 2. The van der Waals surface area contributed by atoms with Gasteiger partial charge in [0.1, 0.15) is 5.60 Å². The molecule has 2 atom stereocenters. The van der Waals surface area contributed by atoms with Gasteiger partial charge in [-0.05, 0) is 66.2 Å². The second-order valence-electron chi connectivity index (χ2n) is 8.32. The van der Waals surface area contributed by atoms with E-state index in [0.717, 1.165) is 19.3 Å². The molecule has 0 aromatic heterocycles. The third-order valence-electron chi connectivity index (χ3n) is 4.98. The second-order valence-corrected chi connectivity index (χ2v) is 8.32. The van der Waals surface area contributed by atoms with Gasteiger partial charge in [-0.3, -0.25) is 0 Å². The van der Waals surface area contributed by atoms with Gasteiger partial charge in [0, 0.05) is 25.3 Å². The Morgan fingerprint density at radius 1 is 1.12 bits per heavy atom. The molecule has 0 aromatic rings. The molecule has 0 saturated carbocycles. The van der Waals surface area contributed by atoms with Crippen LogP contribution in [-0.4, -0.2) is 65.8 Å². The van der Waals surface area contributed by atoms with Gasteiger partial charge < -0.3 is 24.2 Å². The molecule has 25 heavy (non-hydrogen) atoms. The number of aliphatic hydroxyl groups is 1. The SMILES string of the molecule is CCOCCOCCC1(O)CC2CCCC(C1)N2C(=O)OC(C)(C)C. The summed E-state index contributed by atoms with van der Waals surface area (Å²) in [5.41, 5.74) is -1.24. The molecule has 2 unspecified atom stereocenters. The summed E-state index contributed by atoms with van der Waals surface area (Å²) in [5.74, 6) is 0. The van der Waals surface area contributed by atoms with E-state index >= 15 is 0 Å². The van der Waals surface area contributed by atoms with E-state index < -0.39 is 11.2 Å². The average Bonchev–Trinajstić information content (AvgIpc) is 2.48. The summed E-state index contributed by atoms with van der Waals surface area (Å²) in [4.78, 5) is 14.5. The maximum Gasteiger partial charge on any atom is 0.410 e. The van der Waals surface area contributed by atoms with Crippen molar-refractivity contribution in [2.75, 3.05) is 26.4 Å². The van der Waals surface area contributed by atoms with Gasteiger partial charge in [0.25, 0.3) is 0 Å². The lowest BCUT2D eigenvalue weighted by Crippen LogP contribution is -2.60. The van der Waals surface area contributed by atoms with Gasteiger partial charge in [0.15, 0.2) is 0 Å². The van der Waals surface area contributed by atoms with Crippen molar-refractivity contribution >= 4 is 6.09 Å². The summed E-state index contributed by atoms with van der Waals surface area (Å²) >= 11 is 0. The Bertz CT molecular complexity index is 420. The van der Waals surface area contributed by atoms with E-state index in [2.05, 4.69) is 0 Å². The van der Waals surface area contributed by atoms with E-state index in [1.54, 1.807) is 0 Å². The number of nitrogens with zero attached hydrogens (tertiary/aromatic N) is 1. The van der Waals surface area contributed by atoms with Gasteiger partial charge in [-0.1, -0.05) is 0 Å². The lowest BCUT2D eigenvalue weighted by molar-refractivity contribution is -0.104. The standard InChI is InChI=1S/C19H35NO5/c1-5-23-11-12-24-10-9-19(22)13-15-7-6-8-16(14-19)20(15)17(21)25-18(2,3)4/h15-16,22H,5-14H2,1-4H3. The van der Waals surface area contributed by atoms with Crippen LogP contribution in [0.3, 0.4) is 0 Å². The zero-order valence-corrected chi connectivity index (χ0v) is 16.3. The smallest absolute Gasteiger partial charge is 0.410 e. The summed E-state index contributed by atoms with van der Waals surface area (Å²) in [7, 11) is 0. The third-order valence-corrected chi connectivity index (χ3v) is 4.98. The number of hydrogen-bond donors (Lipinski definition) is 1. The Morgan fingerprint density at radius 2 is 1.72 bits per heavy atom. The number of carbonyl (C=O) groups excluding carboxylic acids is 1. The van der Waals surface area contributed by atoms with E-state index in [4.69, 9.17) is 14.2 Å². The van der Waals surface area contributed by atoms with Crippen LogP contribution in [0.2, 0.25) is 0 Å². The molecule has 0 radical (unpaired) electrons. The summed E-state index contributed by atoms with van der Waals surface area (Å²) in [6.07, 6.45) is 4.56. The highest BCUT2D eigenvalue weighted by Gasteiger charge is 2.48. The van der Waals surface area contributed by atoms with Crippen LogP contribution < -0.4 is 0 Å². The highest BCUT2D eigenvalue weighted by Crippen LogP contribution is 2.41. The minimum Gasteiger partial charge on any atom is -0.444 e. The fourth-order valence-electron chi connectivity index (χ4n) is 3.97. The first-order valence-corrected chi connectivity index (χ1v) is 9.63. The highest BCUT2D eigenvalue weighted by molar-refractivity contribution is 5.69. The maximum absolute atomic E-state index is 12.6. The number of carbonyl (C=O) groups is 1. The van der Waals surface area contributed by atoms with Gasteiger partial charge >= 0.3 is 6.09 Å². The van der Waals surface area contributed by atoms with Gasteiger partial charge in [0.05, 0.1) is 18.8 Å². The van der Waals surface area contributed by atoms with Crippen LogP contribution in [0.1, 0.15) is 66.2 Å². The number of rotatable bonds is 7. The molecule has 2 fully saturated rings. The number of hydrogen-bond acceptors (Lipinski definition) is 5. The van der Waals surface area contributed by atoms with E-state index in [9.17, 15) is 9.90 Å². The molecule has 146 valence electrons. The van der Waals surface area contributed by atoms with Crippen molar-refractivity contribution in [3.05, 3.63) is 0 Å². The van der Waals surface area contributed by atoms with Crippen molar-refractivity contribution in [1.29, 1.82) is 0 Å². The first-order valence-electron chi connectivity index (χ1n) is 9.63. The number of ether oxygens (including phenoxy) is 3. The number of amides is 1. The normalized spacial score (nSPS) is 29.6. The first kappa shape index (κ1) is 20.5. The van der Waals surface area contributed by atoms with Crippen LogP contribution in [-0.2, 0) is 14.2 Å². The summed E-state index contributed by atoms with van der Waals surface area (Å²) < 4.78 is 16.4. The van der Waals surface area contributed by atoms with Gasteiger partial charge in [-0.2, -0.15) is 0 Å². The van der Waals surface area contributed by atoms with Crippen molar-refractivity contribution in [2.45, 2.75) is 89.5 Å². The van der Waals surface area contributed by atoms with Crippen LogP contribution in [0.15, 0.2) is 0 Å². The fraction of sp³-hybridized carbons (Fsp3) is 0.947. The minimum absolute atomic E-state index is 0.0655. The van der Waals surface area contributed by atoms with Crippen LogP contribution in [0.5, 0.6) is 0 Å². The van der Waals surface area contributed by atoms with Crippen molar-refractivity contribution in [1.82, 2.24) is 4.90 Å². The van der Waals surface area contributed by atoms with Crippen LogP contribution in [0.4, 0.5) is 4.79 Å². The molecule has 2 aliphatic rings. The molecule has 6 heteroatoms. The fourth-order valence-corrected chi connectivity index (χ4v) is 3.97. The lowest BCUT2D eigenvalue weighted by atomic mass is 9.74. The van der Waals surface area contributed by atoms with E-state index in [1.807, 2.05) is 32.6 Å². The first-order chi connectivity index (χ1) is 11.7. The molecular formula is C19H35NO5. The average molecular weight is 357 g/mol. The second kappa shape index (κ2) is 8.69. The van der Waals surface area contributed by atoms with Gasteiger partial charge in [0.2, 0.25) is 0 Å². The molecule has 2 bridgehead atoms. The molecule has 0 aliphatic carbocycles. The molecule has 0 aromatic carbocycles.